The van der Waals surface area contributed by atoms with Crippen LogP contribution in [0, 0.1) is 5.82 Å². The van der Waals surface area contributed by atoms with Crippen molar-refractivity contribution in [1.82, 2.24) is 0 Å². The number of hydrogen-bond acceptors (Lipinski definition) is 3. The zero-order valence-electron chi connectivity index (χ0n) is 11.3. The van der Waals surface area contributed by atoms with Crippen LogP contribution < -0.4 is 9.47 Å². The molecule has 0 aliphatic carbocycles. The molecule has 1 aliphatic heterocycles. The summed E-state index contributed by atoms with van der Waals surface area (Å²) in [6, 6.07) is 7.37. The van der Waals surface area contributed by atoms with E-state index in [4.69, 9.17) is 21.1 Å². The summed E-state index contributed by atoms with van der Waals surface area (Å²) >= 11 is 6.05. The Morgan fingerprint density at radius 2 is 2.14 bits per heavy atom. The van der Waals surface area contributed by atoms with E-state index in [1.54, 1.807) is 12.1 Å². The maximum atomic E-state index is 13.4. The van der Waals surface area contributed by atoms with E-state index in [-0.39, 0.29) is 11.5 Å². The van der Waals surface area contributed by atoms with Crippen LogP contribution in [0.25, 0.3) is 0 Å². The molecule has 0 unspecified atom stereocenters. The summed E-state index contributed by atoms with van der Waals surface area (Å²) in [4.78, 5) is 12.6. The number of rotatable bonds is 3. The lowest BCUT2D eigenvalue weighted by Gasteiger charge is -2.09. The van der Waals surface area contributed by atoms with Gasteiger partial charge in [0.1, 0.15) is 5.75 Å². The lowest BCUT2D eigenvalue weighted by molar-refractivity contribution is 0.103. The van der Waals surface area contributed by atoms with Crippen LogP contribution in [0.5, 0.6) is 11.5 Å². The summed E-state index contributed by atoms with van der Waals surface area (Å²) in [5.41, 5.74) is 1.64. The van der Waals surface area contributed by atoms with Crippen LogP contribution in [-0.2, 0) is 6.42 Å². The number of hydrogen-bond donors (Lipinski definition) is 0. The first-order chi connectivity index (χ1) is 10.1. The molecule has 0 fully saturated rings. The zero-order chi connectivity index (χ0) is 15.0. The van der Waals surface area contributed by atoms with Gasteiger partial charge in [0.25, 0.3) is 0 Å². The van der Waals surface area contributed by atoms with Crippen molar-refractivity contribution in [3.8, 4) is 11.5 Å². The monoisotopic (exact) mass is 306 g/mol. The molecule has 3 rings (SSSR count). The normalized spacial score (nSPS) is 12.7. The largest absolute Gasteiger partial charge is 0.494 e. The minimum absolute atomic E-state index is 0.0282. The van der Waals surface area contributed by atoms with Crippen molar-refractivity contribution in [3.05, 3.63) is 57.9 Å². The fourth-order valence-corrected chi connectivity index (χ4v) is 2.64. The Hall–Kier alpha value is -2.07. The summed E-state index contributed by atoms with van der Waals surface area (Å²) in [7, 11) is 1.35. The van der Waals surface area contributed by atoms with Crippen LogP contribution in [-0.4, -0.2) is 19.5 Å². The smallest absolute Gasteiger partial charge is 0.196 e. The van der Waals surface area contributed by atoms with Crippen molar-refractivity contribution in [2.75, 3.05) is 13.7 Å². The third-order valence-corrected chi connectivity index (χ3v) is 3.62. The van der Waals surface area contributed by atoms with Crippen LogP contribution in [0.15, 0.2) is 30.3 Å². The first-order valence-electron chi connectivity index (χ1n) is 6.43. The lowest BCUT2D eigenvalue weighted by atomic mass is 9.99. The van der Waals surface area contributed by atoms with E-state index >= 15 is 0 Å². The fourth-order valence-electron chi connectivity index (χ4n) is 2.39. The molecule has 0 atom stereocenters. The molecule has 1 heterocycles. The van der Waals surface area contributed by atoms with E-state index in [9.17, 15) is 9.18 Å². The third-order valence-electron chi connectivity index (χ3n) is 3.41. The van der Waals surface area contributed by atoms with Crippen molar-refractivity contribution < 1.29 is 18.7 Å². The lowest BCUT2D eigenvalue weighted by Crippen LogP contribution is -2.05. The fraction of sp³-hybridized carbons (Fsp3) is 0.188. The highest BCUT2D eigenvalue weighted by atomic mass is 35.5. The van der Waals surface area contributed by atoms with Gasteiger partial charge in [-0.2, -0.15) is 0 Å². The number of carbonyl (C=O) groups is 1. The topological polar surface area (TPSA) is 35.5 Å². The minimum atomic E-state index is -0.512. The quantitative estimate of drug-likeness (QED) is 0.812. The van der Waals surface area contributed by atoms with Crippen molar-refractivity contribution in [2.45, 2.75) is 6.42 Å². The van der Waals surface area contributed by atoms with Gasteiger partial charge in [0.2, 0.25) is 0 Å². The third kappa shape index (κ3) is 2.47. The van der Waals surface area contributed by atoms with Crippen LogP contribution in [0.4, 0.5) is 4.39 Å². The molecule has 0 amide bonds. The van der Waals surface area contributed by atoms with Crippen molar-refractivity contribution in [2.24, 2.45) is 0 Å². The number of ether oxygens (including phenoxy) is 2. The number of carbonyl (C=O) groups excluding carboxylic acids is 1. The molecular formula is C16H12ClFO3. The summed E-state index contributed by atoms with van der Waals surface area (Å²) in [5, 5.41) is 0.483. The van der Waals surface area contributed by atoms with Gasteiger partial charge in [0.15, 0.2) is 17.3 Å². The Bertz CT molecular complexity index is 728. The zero-order valence-corrected chi connectivity index (χ0v) is 12.0. The number of halogens is 2. The first-order valence-corrected chi connectivity index (χ1v) is 6.81. The van der Waals surface area contributed by atoms with Gasteiger partial charge in [0.05, 0.1) is 19.3 Å². The van der Waals surface area contributed by atoms with Gasteiger partial charge < -0.3 is 9.47 Å². The molecule has 0 aromatic heterocycles. The van der Waals surface area contributed by atoms with Crippen LogP contribution in [0.3, 0.4) is 0 Å². The van der Waals surface area contributed by atoms with Gasteiger partial charge in [-0.1, -0.05) is 11.6 Å². The number of methoxy groups -OCH3 is 1. The summed E-state index contributed by atoms with van der Waals surface area (Å²) in [6.07, 6.45) is 0.725. The Morgan fingerprint density at radius 3 is 2.90 bits per heavy atom. The summed E-state index contributed by atoms with van der Waals surface area (Å²) in [6.45, 7) is 0.530. The average Bonchev–Trinajstić information content (AvgIpc) is 2.94. The van der Waals surface area contributed by atoms with Crippen LogP contribution in [0.1, 0.15) is 21.5 Å². The second-order valence-corrected chi connectivity index (χ2v) is 5.15. The van der Waals surface area contributed by atoms with Gasteiger partial charge in [-0.05, 0) is 35.9 Å². The van der Waals surface area contributed by atoms with Crippen molar-refractivity contribution >= 4 is 17.4 Å². The second kappa shape index (κ2) is 5.37. The Balaban J connectivity index is 2.07. The molecule has 0 radical (unpaired) electrons. The first kappa shape index (κ1) is 13.9. The Labute approximate surface area is 126 Å². The number of ketones is 1. The summed E-state index contributed by atoms with van der Waals surface area (Å²) < 4.78 is 23.9. The highest BCUT2D eigenvalue weighted by Crippen LogP contribution is 2.34. The second-order valence-electron chi connectivity index (χ2n) is 4.72. The molecule has 21 heavy (non-hydrogen) atoms. The number of benzene rings is 2. The van der Waals surface area contributed by atoms with Gasteiger partial charge in [-0.25, -0.2) is 4.39 Å². The molecule has 0 saturated heterocycles. The van der Waals surface area contributed by atoms with Crippen LogP contribution >= 0.6 is 11.6 Å². The molecular weight excluding hydrogens is 295 g/mol. The molecule has 2 aromatic carbocycles. The van der Waals surface area contributed by atoms with Gasteiger partial charge in [-0.3, -0.25) is 4.79 Å². The average molecular weight is 307 g/mol. The number of fused-ring (bicyclic) bond motifs is 1. The van der Waals surface area contributed by atoms with E-state index in [0.29, 0.717) is 28.5 Å². The van der Waals surface area contributed by atoms with Crippen molar-refractivity contribution in [3.63, 3.8) is 0 Å². The van der Waals surface area contributed by atoms with E-state index in [2.05, 4.69) is 0 Å². The SMILES string of the molecule is COc1cc(C(=O)c2cc(Cl)cc3c2OCC3)ccc1F. The highest BCUT2D eigenvalue weighted by Gasteiger charge is 2.23. The van der Waals surface area contributed by atoms with E-state index in [1.165, 1.54) is 25.3 Å². The molecule has 108 valence electrons. The molecule has 0 N–H and O–H groups in total. The molecule has 0 saturated carbocycles. The summed E-state index contributed by atoms with van der Waals surface area (Å²) in [5.74, 6) is -0.191. The Kier molecular flexibility index (Phi) is 3.55. The molecule has 0 bridgehead atoms. The molecule has 5 heteroatoms. The highest BCUT2D eigenvalue weighted by molar-refractivity contribution is 6.31. The molecule has 1 aliphatic rings. The maximum Gasteiger partial charge on any atom is 0.196 e. The minimum Gasteiger partial charge on any atom is -0.494 e. The van der Waals surface area contributed by atoms with Gasteiger partial charge in [-0.15, -0.1) is 0 Å². The molecule has 2 aromatic rings. The van der Waals surface area contributed by atoms with Gasteiger partial charge >= 0.3 is 0 Å². The predicted molar refractivity (Wildman–Crippen MR) is 77.0 cm³/mol. The molecule has 3 nitrogen and oxygen atoms in total. The Morgan fingerprint density at radius 1 is 1.33 bits per heavy atom. The van der Waals surface area contributed by atoms with E-state index < -0.39 is 5.82 Å². The van der Waals surface area contributed by atoms with E-state index in [1.807, 2.05) is 0 Å². The van der Waals surface area contributed by atoms with Gasteiger partial charge in [0, 0.05) is 17.0 Å². The molecule has 0 spiro atoms. The maximum absolute atomic E-state index is 13.4. The van der Waals surface area contributed by atoms with Crippen LogP contribution in [0.2, 0.25) is 5.02 Å². The van der Waals surface area contributed by atoms with Crippen molar-refractivity contribution in [1.29, 1.82) is 0 Å². The standard InChI is InChI=1S/C16H12ClFO3/c1-20-14-7-9(2-3-13(14)18)15(19)12-8-11(17)6-10-4-5-21-16(10)12/h2-3,6-8H,4-5H2,1H3. The van der Waals surface area contributed by atoms with E-state index in [0.717, 1.165) is 12.0 Å². The predicted octanol–water partition coefficient (Wildman–Crippen LogP) is 3.65.